The maximum atomic E-state index is 12.2. The van der Waals surface area contributed by atoms with Crippen molar-refractivity contribution in [2.75, 3.05) is 13.2 Å². The molecule has 0 saturated carbocycles. The second-order valence-corrected chi connectivity index (χ2v) is 5.24. The number of alkyl halides is 3. The summed E-state index contributed by atoms with van der Waals surface area (Å²) in [5.74, 6) is 0. The highest BCUT2D eigenvalue weighted by Gasteiger charge is 2.37. The highest BCUT2D eigenvalue weighted by Crippen LogP contribution is 2.31. The Hall–Kier alpha value is -0.290. The third-order valence-corrected chi connectivity index (χ3v) is 3.64. The molecule has 1 aliphatic rings. The van der Waals surface area contributed by atoms with E-state index in [0.717, 1.165) is 32.4 Å². The van der Waals surface area contributed by atoms with Gasteiger partial charge in [-0.1, -0.05) is 6.92 Å². The van der Waals surface area contributed by atoms with Crippen LogP contribution in [-0.2, 0) is 4.74 Å². The molecule has 1 N–H and O–H groups in total. The molecule has 0 aliphatic carbocycles. The van der Waals surface area contributed by atoms with Crippen molar-refractivity contribution in [2.45, 2.75) is 70.2 Å². The summed E-state index contributed by atoms with van der Waals surface area (Å²) >= 11 is 0. The van der Waals surface area contributed by atoms with E-state index in [9.17, 15) is 13.2 Å². The highest BCUT2D eigenvalue weighted by molar-refractivity contribution is 4.91. The molecule has 0 bridgehead atoms. The van der Waals surface area contributed by atoms with Crippen LogP contribution in [0.1, 0.15) is 52.4 Å². The minimum atomic E-state index is -4.05. The van der Waals surface area contributed by atoms with Crippen molar-refractivity contribution in [2.24, 2.45) is 0 Å². The van der Waals surface area contributed by atoms with Gasteiger partial charge in [0.15, 0.2) is 0 Å². The van der Waals surface area contributed by atoms with Crippen molar-refractivity contribution in [1.82, 2.24) is 5.32 Å². The first-order valence-corrected chi connectivity index (χ1v) is 6.81. The molecule has 0 aromatic rings. The summed E-state index contributed by atoms with van der Waals surface area (Å²) in [5, 5.41) is 3.29. The largest absolute Gasteiger partial charge is 0.389 e. The van der Waals surface area contributed by atoms with E-state index in [1.54, 1.807) is 0 Å². The number of hydrogen-bond acceptors (Lipinski definition) is 2. The van der Waals surface area contributed by atoms with E-state index in [1.165, 1.54) is 0 Å². The van der Waals surface area contributed by atoms with Gasteiger partial charge >= 0.3 is 6.18 Å². The molecule has 1 saturated heterocycles. The fourth-order valence-corrected chi connectivity index (χ4v) is 2.61. The average Bonchev–Trinajstić information content (AvgIpc) is 2.27. The van der Waals surface area contributed by atoms with Crippen molar-refractivity contribution in [3.05, 3.63) is 0 Å². The third kappa shape index (κ3) is 5.14. The molecular formula is C13H24F3NO. The van der Waals surface area contributed by atoms with Crippen LogP contribution < -0.4 is 5.32 Å². The van der Waals surface area contributed by atoms with Gasteiger partial charge in [-0.05, 0) is 45.6 Å². The van der Waals surface area contributed by atoms with Crippen molar-refractivity contribution in [3.63, 3.8) is 0 Å². The summed E-state index contributed by atoms with van der Waals surface area (Å²) in [4.78, 5) is 0. The lowest BCUT2D eigenvalue weighted by Crippen LogP contribution is -2.52. The fourth-order valence-electron chi connectivity index (χ4n) is 2.61. The molecule has 18 heavy (non-hydrogen) atoms. The average molecular weight is 267 g/mol. The van der Waals surface area contributed by atoms with Gasteiger partial charge in [-0.25, -0.2) is 0 Å². The Balaban J connectivity index is 2.47. The van der Waals surface area contributed by atoms with Gasteiger partial charge in [-0.3, -0.25) is 0 Å². The Morgan fingerprint density at radius 3 is 2.56 bits per heavy atom. The Morgan fingerprint density at radius 2 is 2.06 bits per heavy atom. The van der Waals surface area contributed by atoms with Crippen molar-refractivity contribution < 1.29 is 17.9 Å². The Kier molecular flexibility index (Phi) is 5.92. The maximum Gasteiger partial charge on any atom is 0.389 e. The zero-order chi connectivity index (χ0) is 13.6. The standard InChI is InChI=1S/C13H24F3NO/c1-3-17-11(7-6-9-13(14,15)16)12(2)8-4-5-10-18-12/h11,17H,3-10H2,1-2H3. The van der Waals surface area contributed by atoms with Crippen LogP contribution in [0.2, 0.25) is 0 Å². The molecule has 0 radical (unpaired) electrons. The number of halogens is 3. The molecular weight excluding hydrogens is 243 g/mol. The predicted octanol–water partition coefficient (Wildman–Crippen LogP) is 3.66. The fraction of sp³-hybridized carbons (Fsp3) is 1.00. The first-order valence-electron chi connectivity index (χ1n) is 6.81. The van der Waals surface area contributed by atoms with Gasteiger partial charge in [0.1, 0.15) is 0 Å². The zero-order valence-corrected chi connectivity index (χ0v) is 11.3. The smallest absolute Gasteiger partial charge is 0.374 e. The van der Waals surface area contributed by atoms with Crippen LogP contribution >= 0.6 is 0 Å². The second-order valence-electron chi connectivity index (χ2n) is 5.24. The maximum absolute atomic E-state index is 12.2. The second kappa shape index (κ2) is 6.75. The van der Waals surface area contributed by atoms with Crippen molar-refractivity contribution >= 4 is 0 Å². The van der Waals surface area contributed by atoms with Crippen molar-refractivity contribution in [3.8, 4) is 0 Å². The quantitative estimate of drug-likeness (QED) is 0.793. The summed E-state index contributed by atoms with van der Waals surface area (Å²) in [6.45, 7) is 5.48. The molecule has 5 heteroatoms. The molecule has 1 aliphatic heterocycles. The van der Waals surface area contributed by atoms with Gasteiger partial charge < -0.3 is 10.1 Å². The Bertz CT molecular complexity index is 237. The van der Waals surface area contributed by atoms with Gasteiger partial charge in [0.2, 0.25) is 0 Å². The Labute approximate surface area is 107 Å². The van der Waals surface area contributed by atoms with Crippen LogP contribution in [-0.4, -0.2) is 31.0 Å². The summed E-state index contributed by atoms with van der Waals surface area (Å²) in [6.07, 6.45) is -0.995. The van der Waals surface area contributed by atoms with E-state index in [0.29, 0.717) is 6.42 Å². The van der Waals surface area contributed by atoms with Crippen LogP contribution in [0.5, 0.6) is 0 Å². The van der Waals surface area contributed by atoms with Gasteiger partial charge in [-0.2, -0.15) is 13.2 Å². The van der Waals surface area contributed by atoms with E-state index in [-0.39, 0.29) is 18.1 Å². The third-order valence-electron chi connectivity index (χ3n) is 3.64. The zero-order valence-electron chi connectivity index (χ0n) is 11.3. The summed E-state index contributed by atoms with van der Waals surface area (Å²) < 4.78 is 42.4. The summed E-state index contributed by atoms with van der Waals surface area (Å²) in [6, 6.07) is 0.0187. The van der Waals surface area contributed by atoms with E-state index in [1.807, 2.05) is 13.8 Å². The SMILES string of the molecule is CCNC(CCCC(F)(F)F)C1(C)CCCCO1. The van der Waals surface area contributed by atoms with Crippen molar-refractivity contribution in [1.29, 1.82) is 0 Å². The number of rotatable bonds is 6. The lowest BCUT2D eigenvalue weighted by atomic mass is 9.85. The van der Waals surface area contributed by atoms with Gasteiger partial charge in [0.25, 0.3) is 0 Å². The van der Waals surface area contributed by atoms with E-state index >= 15 is 0 Å². The number of likely N-dealkylation sites (N-methyl/N-ethyl adjacent to an activating group) is 1. The van der Waals surface area contributed by atoms with Crippen LogP contribution in [0.15, 0.2) is 0 Å². The molecule has 1 heterocycles. The first kappa shape index (κ1) is 15.8. The van der Waals surface area contributed by atoms with Crippen LogP contribution in [0.3, 0.4) is 0 Å². The molecule has 1 rings (SSSR count). The Morgan fingerprint density at radius 1 is 1.33 bits per heavy atom. The molecule has 2 nitrogen and oxygen atoms in total. The molecule has 0 aromatic carbocycles. The minimum Gasteiger partial charge on any atom is -0.374 e. The molecule has 2 atom stereocenters. The number of nitrogens with one attached hydrogen (secondary N) is 1. The van der Waals surface area contributed by atoms with Gasteiger partial charge in [-0.15, -0.1) is 0 Å². The van der Waals surface area contributed by atoms with Gasteiger partial charge in [0, 0.05) is 19.1 Å². The van der Waals surface area contributed by atoms with Crippen LogP contribution in [0, 0.1) is 0 Å². The highest BCUT2D eigenvalue weighted by atomic mass is 19.4. The minimum absolute atomic E-state index is 0.0187. The topological polar surface area (TPSA) is 21.3 Å². The molecule has 0 amide bonds. The molecule has 108 valence electrons. The van der Waals surface area contributed by atoms with Gasteiger partial charge in [0.05, 0.1) is 5.60 Å². The van der Waals surface area contributed by atoms with E-state index in [2.05, 4.69) is 5.32 Å². The monoisotopic (exact) mass is 267 g/mol. The summed E-state index contributed by atoms with van der Waals surface area (Å²) in [5.41, 5.74) is -0.306. The predicted molar refractivity (Wildman–Crippen MR) is 65.6 cm³/mol. The summed E-state index contributed by atoms with van der Waals surface area (Å²) in [7, 11) is 0. The van der Waals surface area contributed by atoms with E-state index < -0.39 is 12.6 Å². The normalized spacial score (nSPS) is 27.2. The first-order chi connectivity index (χ1) is 8.37. The molecule has 0 aromatic heterocycles. The molecule has 0 spiro atoms. The lowest BCUT2D eigenvalue weighted by molar-refractivity contribution is -0.138. The van der Waals surface area contributed by atoms with Crippen LogP contribution in [0.4, 0.5) is 13.2 Å². The lowest BCUT2D eigenvalue weighted by Gasteiger charge is -2.41. The van der Waals surface area contributed by atoms with Crippen LogP contribution in [0.25, 0.3) is 0 Å². The number of ether oxygens (including phenoxy) is 1. The molecule has 2 unspecified atom stereocenters. The molecule has 1 fully saturated rings. The van der Waals surface area contributed by atoms with E-state index in [4.69, 9.17) is 4.74 Å². The number of hydrogen-bond donors (Lipinski definition) is 1.